The minimum atomic E-state index is 0.530. The van der Waals surface area contributed by atoms with Crippen LogP contribution >= 0.6 is 11.8 Å². The Balaban J connectivity index is 2.09. The van der Waals surface area contributed by atoms with E-state index in [1.165, 1.54) is 10.5 Å². The molecule has 0 fully saturated rings. The summed E-state index contributed by atoms with van der Waals surface area (Å²) in [6.45, 7) is 2.07. The first-order chi connectivity index (χ1) is 10.2. The number of nitrogens with zero attached hydrogens (tertiary/aromatic N) is 1. The van der Waals surface area contributed by atoms with Gasteiger partial charge in [0.15, 0.2) is 5.82 Å². The van der Waals surface area contributed by atoms with E-state index in [2.05, 4.69) is 71.9 Å². The SMILES string of the molecule is CSc1ccc(-c2[nH]nc(N)c2-c2ccc(C)cc2)cc1. The van der Waals surface area contributed by atoms with Gasteiger partial charge in [0, 0.05) is 10.5 Å². The number of aromatic nitrogens is 2. The number of benzene rings is 2. The molecule has 0 aliphatic heterocycles. The first-order valence-electron chi connectivity index (χ1n) is 6.74. The van der Waals surface area contributed by atoms with Gasteiger partial charge in [0.2, 0.25) is 0 Å². The van der Waals surface area contributed by atoms with Gasteiger partial charge in [-0.2, -0.15) is 5.10 Å². The number of nitrogen functional groups attached to an aromatic ring is 1. The Hall–Kier alpha value is -2.20. The third-order valence-electron chi connectivity index (χ3n) is 3.51. The predicted molar refractivity (Wildman–Crippen MR) is 90.4 cm³/mol. The Kier molecular flexibility index (Phi) is 3.71. The minimum absolute atomic E-state index is 0.530. The summed E-state index contributed by atoms with van der Waals surface area (Å²) >= 11 is 1.73. The molecule has 3 aromatic rings. The van der Waals surface area contributed by atoms with Gasteiger partial charge in [-0.25, -0.2) is 0 Å². The lowest BCUT2D eigenvalue weighted by Gasteiger charge is -2.06. The number of anilines is 1. The van der Waals surface area contributed by atoms with Crippen LogP contribution in [0.15, 0.2) is 53.4 Å². The van der Waals surface area contributed by atoms with Crippen molar-refractivity contribution in [2.24, 2.45) is 0 Å². The third-order valence-corrected chi connectivity index (χ3v) is 4.26. The van der Waals surface area contributed by atoms with Crippen molar-refractivity contribution < 1.29 is 0 Å². The molecule has 4 heteroatoms. The fourth-order valence-electron chi connectivity index (χ4n) is 2.34. The van der Waals surface area contributed by atoms with Crippen molar-refractivity contribution in [3.05, 3.63) is 54.1 Å². The molecule has 0 radical (unpaired) electrons. The quantitative estimate of drug-likeness (QED) is 0.706. The molecule has 0 atom stereocenters. The summed E-state index contributed by atoms with van der Waals surface area (Å²) in [4.78, 5) is 1.24. The molecule has 2 aromatic carbocycles. The summed E-state index contributed by atoms with van der Waals surface area (Å²) in [5, 5.41) is 7.24. The summed E-state index contributed by atoms with van der Waals surface area (Å²) in [5.41, 5.74) is 11.4. The zero-order valence-corrected chi connectivity index (χ0v) is 12.9. The number of thioether (sulfide) groups is 1. The largest absolute Gasteiger partial charge is 0.382 e. The van der Waals surface area contributed by atoms with Gasteiger partial charge in [0.05, 0.1) is 11.3 Å². The van der Waals surface area contributed by atoms with Gasteiger partial charge in [0.25, 0.3) is 0 Å². The Morgan fingerprint density at radius 1 is 0.952 bits per heavy atom. The third kappa shape index (κ3) is 2.67. The topological polar surface area (TPSA) is 54.7 Å². The van der Waals surface area contributed by atoms with Crippen LogP contribution in [-0.4, -0.2) is 16.5 Å². The average Bonchev–Trinajstić information content (AvgIpc) is 2.90. The van der Waals surface area contributed by atoms with Crippen molar-refractivity contribution in [3.8, 4) is 22.4 Å². The van der Waals surface area contributed by atoms with Crippen LogP contribution in [0.5, 0.6) is 0 Å². The van der Waals surface area contributed by atoms with Gasteiger partial charge in [-0.1, -0.05) is 42.0 Å². The Labute approximate surface area is 128 Å². The Morgan fingerprint density at radius 3 is 2.19 bits per heavy atom. The van der Waals surface area contributed by atoms with Gasteiger partial charge in [-0.3, -0.25) is 5.10 Å². The maximum absolute atomic E-state index is 6.06. The second kappa shape index (κ2) is 5.66. The number of aryl methyl sites for hydroxylation is 1. The number of nitrogens with two attached hydrogens (primary N) is 1. The molecular weight excluding hydrogens is 278 g/mol. The highest BCUT2D eigenvalue weighted by Gasteiger charge is 2.14. The van der Waals surface area contributed by atoms with Crippen LogP contribution in [0.4, 0.5) is 5.82 Å². The van der Waals surface area contributed by atoms with Crippen molar-refractivity contribution in [1.82, 2.24) is 10.2 Å². The lowest BCUT2D eigenvalue weighted by atomic mass is 10.00. The molecule has 3 rings (SSSR count). The number of hydrogen-bond donors (Lipinski definition) is 2. The smallest absolute Gasteiger partial charge is 0.153 e. The predicted octanol–water partition coefficient (Wildman–Crippen LogP) is 4.36. The van der Waals surface area contributed by atoms with Crippen molar-refractivity contribution in [1.29, 1.82) is 0 Å². The number of rotatable bonds is 3. The maximum Gasteiger partial charge on any atom is 0.153 e. The summed E-state index contributed by atoms with van der Waals surface area (Å²) in [7, 11) is 0. The van der Waals surface area contributed by atoms with E-state index in [0.717, 1.165) is 22.4 Å². The first kappa shape index (κ1) is 13.8. The van der Waals surface area contributed by atoms with Crippen LogP contribution in [0.3, 0.4) is 0 Å². The highest BCUT2D eigenvalue weighted by Crippen LogP contribution is 2.35. The standard InChI is InChI=1S/C17H17N3S/c1-11-3-5-12(6-4-11)15-16(19-20-17(15)18)13-7-9-14(21-2)10-8-13/h3-10H,1-2H3,(H3,18,19,20). The molecular formula is C17H17N3S. The fraction of sp³-hybridized carbons (Fsp3) is 0.118. The van der Waals surface area contributed by atoms with Gasteiger partial charge in [0.1, 0.15) is 0 Å². The van der Waals surface area contributed by atoms with Crippen LogP contribution in [0.1, 0.15) is 5.56 Å². The normalized spacial score (nSPS) is 10.8. The van der Waals surface area contributed by atoms with Gasteiger partial charge >= 0.3 is 0 Å². The molecule has 1 aromatic heterocycles. The van der Waals surface area contributed by atoms with E-state index in [0.29, 0.717) is 5.82 Å². The monoisotopic (exact) mass is 295 g/mol. The summed E-state index contributed by atoms with van der Waals surface area (Å²) < 4.78 is 0. The summed E-state index contributed by atoms with van der Waals surface area (Å²) in [6.07, 6.45) is 2.07. The molecule has 0 aliphatic rings. The molecule has 0 spiro atoms. The number of aromatic amines is 1. The lowest BCUT2D eigenvalue weighted by Crippen LogP contribution is -1.89. The average molecular weight is 295 g/mol. The highest BCUT2D eigenvalue weighted by atomic mass is 32.2. The van der Waals surface area contributed by atoms with Crippen LogP contribution < -0.4 is 5.73 Å². The number of H-pyrrole nitrogens is 1. The molecule has 21 heavy (non-hydrogen) atoms. The van der Waals surface area contributed by atoms with Crippen LogP contribution in [-0.2, 0) is 0 Å². The van der Waals surface area contributed by atoms with Crippen LogP contribution in [0.2, 0.25) is 0 Å². The van der Waals surface area contributed by atoms with Gasteiger partial charge in [-0.15, -0.1) is 11.8 Å². The maximum atomic E-state index is 6.06. The number of hydrogen-bond acceptors (Lipinski definition) is 3. The molecule has 1 heterocycles. The highest BCUT2D eigenvalue weighted by molar-refractivity contribution is 7.98. The molecule has 106 valence electrons. The molecule has 0 saturated carbocycles. The van der Waals surface area contributed by atoms with Crippen molar-refractivity contribution in [2.45, 2.75) is 11.8 Å². The van der Waals surface area contributed by atoms with Gasteiger partial charge < -0.3 is 5.73 Å². The molecule has 0 amide bonds. The molecule has 3 N–H and O–H groups in total. The van der Waals surface area contributed by atoms with E-state index in [1.807, 2.05) is 0 Å². The second-order valence-corrected chi connectivity index (χ2v) is 5.83. The van der Waals surface area contributed by atoms with Crippen molar-refractivity contribution in [3.63, 3.8) is 0 Å². The van der Waals surface area contributed by atoms with E-state index in [9.17, 15) is 0 Å². The number of nitrogens with one attached hydrogen (secondary N) is 1. The van der Waals surface area contributed by atoms with E-state index in [1.54, 1.807) is 11.8 Å². The zero-order chi connectivity index (χ0) is 14.8. The molecule has 0 bridgehead atoms. The second-order valence-electron chi connectivity index (χ2n) is 4.95. The minimum Gasteiger partial charge on any atom is -0.382 e. The Bertz CT molecular complexity index is 743. The zero-order valence-electron chi connectivity index (χ0n) is 12.1. The van der Waals surface area contributed by atoms with Crippen molar-refractivity contribution >= 4 is 17.6 Å². The van der Waals surface area contributed by atoms with E-state index >= 15 is 0 Å². The summed E-state index contributed by atoms with van der Waals surface area (Å²) in [5.74, 6) is 0.530. The first-order valence-corrected chi connectivity index (χ1v) is 7.97. The van der Waals surface area contributed by atoms with Crippen LogP contribution in [0.25, 0.3) is 22.4 Å². The van der Waals surface area contributed by atoms with Crippen LogP contribution in [0, 0.1) is 6.92 Å². The van der Waals surface area contributed by atoms with E-state index in [-0.39, 0.29) is 0 Å². The molecule has 3 nitrogen and oxygen atoms in total. The molecule has 0 saturated heterocycles. The summed E-state index contributed by atoms with van der Waals surface area (Å²) in [6, 6.07) is 16.7. The molecule has 0 unspecified atom stereocenters. The lowest BCUT2D eigenvalue weighted by molar-refractivity contribution is 1.10. The van der Waals surface area contributed by atoms with E-state index < -0.39 is 0 Å². The van der Waals surface area contributed by atoms with E-state index in [4.69, 9.17) is 5.73 Å². The Morgan fingerprint density at radius 2 is 1.57 bits per heavy atom. The molecule has 0 aliphatic carbocycles. The van der Waals surface area contributed by atoms with Crippen molar-refractivity contribution in [2.75, 3.05) is 12.0 Å². The fourth-order valence-corrected chi connectivity index (χ4v) is 2.74. The van der Waals surface area contributed by atoms with Gasteiger partial charge in [-0.05, 0) is 30.9 Å².